The third kappa shape index (κ3) is 26.8. The Bertz CT molecular complexity index is 1750. The highest BCUT2D eigenvalue weighted by atomic mass is 31.2. The molecule has 0 aromatic rings. The molecule has 12 atom stereocenters. The summed E-state index contributed by atoms with van der Waals surface area (Å²) in [5.74, 6) is -5.86. The maximum absolute atomic E-state index is 13.9. The van der Waals surface area contributed by atoms with Gasteiger partial charge in [0.15, 0.2) is 6.10 Å². The molecule has 1 heterocycles. The van der Waals surface area contributed by atoms with Crippen molar-refractivity contribution in [3.05, 3.63) is 60.8 Å². The number of phosphoric ester groups is 2. The molecule has 70 heavy (non-hydrogen) atoms. The van der Waals surface area contributed by atoms with E-state index in [-0.39, 0.29) is 38.5 Å². The number of carbonyl (C=O) groups excluding carboxylic acids is 3. The summed E-state index contributed by atoms with van der Waals surface area (Å²) < 4.78 is 52.0. The monoisotopic (exact) mass is 1040 g/mol. The molecule has 0 saturated heterocycles. The van der Waals surface area contributed by atoms with Crippen molar-refractivity contribution in [2.75, 3.05) is 13.2 Å². The van der Waals surface area contributed by atoms with Gasteiger partial charge in [-0.2, -0.15) is 0 Å². The summed E-state index contributed by atoms with van der Waals surface area (Å²) in [7, 11) is -11.5. The van der Waals surface area contributed by atoms with Gasteiger partial charge in [-0.3, -0.25) is 28.0 Å². The van der Waals surface area contributed by atoms with Crippen LogP contribution in [-0.2, 0) is 46.6 Å². The van der Waals surface area contributed by atoms with Crippen LogP contribution in [0, 0.1) is 11.8 Å². The fourth-order valence-electron chi connectivity index (χ4n) is 7.92. The predicted molar refractivity (Wildman–Crippen MR) is 260 cm³/mol. The highest BCUT2D eigenvalue weighted by Crippen LogP contribution is 2.49. The maximum Gasteiger partial charge on any atom is 0.472 e. The molecule has 2 aliphatic rings. The molecule has 1 aliphatic heterocycles. The molecule has 0 radical (unpaired) electrons. The zero-order valence-corrected chi connectivity index (χ0v) is 42.7. The van der Waals surface area contributed by atoms with E-state index in [4.69, 9.17) is 23.0 Å². The molecule has 9 N–H and O–H groups in total. The molecule has 0 amide bonds. The van der Waals surface area contributed by atoms with E-state index >= 15 is 0 Å². The first-order chi connectivity index (χ1) is 33.3. The Morgan fingerprint density at radius 2 is 1.47 bits per heavy atom. The van der Waals surface area contributed by atoms with E-state index in [1.165, 1.54) is 44.6 Å². The minimum Gasteiger partial charge on any atom is -0.462 e. The summed E-state index contributed by atoms with van der Waals surface area (Å²) >= 11 is 0. The average molecular weight is 1040 g/mol. The minimum absolute atomic E-state index is 0.0234. The zero-order chi connectivity index (χ0) is 52.0. The van der Waals surface area contributed by atoms with Gasteiger partial charge in [0.1, 0.15) is 36.8 Å². The van der Waals surface area contributed by atoms with Crippen LogP contribution in [0.4, 0.5) is 0 Å². The second-order valence-corrected chi connectivity index (χ2v) is 20.6. The molecule has 402 valence electrons. The van der Waals surface area contributed by atoms with E-state index in [1.54, 1.807) is 6.08 Å². The average Bonchev–Trinajstić information content (AvgIpc) is 3.30. The lowest BCUT2D eigenvalue weighted by atomic mass is 9.83. The number of carbonyl (C=O) groups is 3. The fraction of sp³-hybridized carbons (Fsp3) is 0.735. The van der Waals surface area contributed by atoms with Crippen molar-refractivity contribution in [1.82, 2.24) is 0 Å². The highest BCUT2D eigenvalue weighted by Gasteiger charge is 2.51. The summed E-state index contributed by atoms with van der Waals surface area (Å²) in [4.78, 5) is 70.5. The van der Waals surface area contributed by atoms with E-state index in [0.717, 1.165) is 44.3 Å². The van der Waals surface area contributed by atoms with Crippen molar-refractivity contribution in [3.63, 3.8) is 0 Å². The Balaban J connectivity index is 2.28. The van der Waals surface area contributed by atoms with Crippen LogP contribution < -0.4 is 0 Å². The maximum atomic E-state index is 13.9. The van der Waals surface area contributed by atoms with Gasteiger partial charge in [-0.1, -0.05) is 126 Å². The van der Waals surface area contributed by atoms with Crippen molar-refractivity contribution in [2.45, 2.75) is 204 Å². The van der Waals surface area contributed by atoms with Crippen LogP contribution in [-0.4, -0.2) is 131 Å². The van der Waals surface area contributed by atoms with E-state index < -0.39 is 120 Å². The Morgan fingerprint density at radius 1 is 0.843 bits per heavy atom. The molecular formula is C49H82O19P2. The second kappa shape index (κ2) is 35.4. The van der Waals surface area contributed by atoms with Crippen molar-refractivity contribution in [3.8, 4) is 0 Å². The molecule has 21 heteroatoms. The van der Waals surface area contributed by atoms with Crippen LogP contribution in [0.5, 0.6) is 0 Å². The Labute approximate surface area is 413 Å². The number of fused-ring (bicyclic) bond motifs is 4. The van der Waals surface area contributed by atoms with Crippen molar-refractivity contribution >= 4 is 33.4 Å². The molecule has 0 aromatic carbocycles. The van der Waals surface area contributed by atoms with Gasteiger partial charge < -0.3 is 54.8 Å². The molecule has 0 aromatic heterocycles. The van der Waals surface area contributed by atoms with Gasteiger partial charge in [0.2, 0.25) is 0 Å². The largest absolute Gasteiger partial charge is 0.472 e. The fourth-order valence-corrected chi connectivity index (χ4v) is 9.45. The normalized spacial score (nSPS) is 30.4. The molecule has 1 fully saturated rings. The van der Waals surface area contributed by atoms with E-state index in [9.17, 15) is 68.8 Å². The number of aliphatic hydroxyl groups excluding tert-OH is 6. The predicted octanol–water partition coefficient (Wildman–Crippen LogP) is 6.43. The molecule has 2 bridgehead atoms. The number of ketones is 1. The number of cyclic esters (lactones) is 1. The van der Waals surface area contributed by atoms with Crippen molar-refractivity contribution in [2.24, 2.45) is 11.8 Å². The van der Waals surface area contributed by atoms with Crippen LogP contribution in [0.25, 0.3) is 0 Å². The standard InChI is InChI=1S/C49H82O19P2/c1-3-5-7-8-9-10-11-12-13-14-15-16-17-18-19-20-25-29-42(53)64-34-37-35-65-70(62,63)68-49-47(58)46(57)44(55)38(28-24-21-22-26-30-43(54)66-37)40(51)33-41(52)39(32-31-36(50)27-23-6-4-2)45(56)48(49)67-69(59,60)61/h12-13,15-16,18-19,21,24,31-32,36-40,44-51,55-58H,3-11,14,17,20,22-23,25-30,33-35H2,1-2H3,(H,62,63)(H2,59,60,61)/b13-12-,16-15-,19-18-,24-21-,32-31+/t36-,37+,38-,39-,40-,44+,45+,46-,47+,48+,49-/m0/s1. The molecule has 1 unspecified atom stereocenters. The van der Waals surface area contributed by atoms with E-state index in [2.05, 4.69) is 31.2 Å². The number of esters is 2. The summed E-state index contributed by atoms with van der Waals surface area (Å²) in [5.41, 5.74) is 0. The summed E-state index contributed by atoms with van der Waals surface area (Å²) in [6.07, 6.45) is 10.8. The number of phosphoric acid groups is 2. The lowest BCUT2D eigenvalue weighted by Crippen LogP contribution is -2.56. The summed E-state index contributed by atoms with van der Waals surface area (Å²) in [6, 6.07) is 0. The van der Waals surface area contributed by atoms with Gasteiger partial charge in [0.05, 0.1) is 36.9 Å². The quantitative estimate of drug-likeness (QED) is 0.0206. The summed E-state index contributed by atoms with van der Waals surface area (Å²) in [5, 5.41) is 67.9. The van der Waals surface area contributed by atoms with Gasteiger partial charge in [-0.05, 0) is 64.2 Å². The smallest absolute Gasteiger partial charge is 0.462 e. The lowest BCUT2D eigenvalue weighted by molar-refractivity contribution is -0.165. The topological polar surface area (TPSA) is 314 Å². The number of ether oxygens (including phenoxy) is 2. The SMILES string of the molecule is CCCCCCCC/C=C\C/C=C\C/C=C\CCCC(=O)OC[C@@H]1COP(=O)(O)O[C@H]2[C@H](O)[C@@H](O)[C@H](O)[C@@H](C/C=C\CCCC(=O)O1)[C@@H](O)CC(=O)[C@H](/C=C/[C@@H](O)CCCCC)[C@@H](O)[C@H]2OP(=O)(O)O. The molecule has 2 rings (SSSR count). The molecule has 1 saturated carbocycles. The van der Waals surface area contributed by atoms with Crippen LogP contribution in [0.2, 0.25) is 0 Å². The van der Waals surface area contributed by atoms with E-state index in [0.29, 0.717) is 19.3 Å². The van der Waals surface area contributed by atoms with Gasteiger partial charge in [0.25, 0.3) is 0 Å². The number of rotatable bonds is 25. The Hall–Kier alpha value is -2.71. The molecule has 1 aliphatic carbocycles. The number of allylic oxidation sites excluding steroid dienone is 8. The van der Waals surface area contributed by atoms with Gasteiger partial charge in [-0.25, -0.2) is 9.13 Å². The first-order valence-corrected chi connectivity index (χ1v) is 28.0. The van der Waals surface area contributed by atoms with Crippen LogP contribution >= 0.6 is 15.6 Å². The summed E-state index contributed by atoms with van der Waals surface area (Å²) in [6.45, 7) is 2.49. The first kappa shape index (κ1) is 63.4. The van der Waals surface area contributed by atoms with Gasteiger partial charge in [0, 0.05) is 25.2 Å². The number of aliphatic hydroxyl groups is 6. The molecular weight excluding hydrogens is 954 g/mol. The second-order valence-electron chi connectivity index (χ2n) is 18.0. The number of hydrogen-bond acceptors (Lipinski definition) is 16. The number of hydrogen-bond donors (Lipinski definition) is 9. The van der Waals surface area contributed by atoms with E-state index in [1.807, 2.05) is 19.1 Å². The molecule has 0 spiro atoms. The highest BCUT2D eigenvalue weighted by molar-refractivity contribution is 7.47. The Kier molecular flexibility index (Phi) is 32.1. The third-order valence-electron chi connectivity index (χ3n) is 11.9. The Morgan fingerprint density at radius 3 is 2.14 bits per heavy atom. The zero-order valence-electron chi connectivity index (χ0n) is 40.9. The lowest BCUT2D eigenvalue weighted by Gasteiger charge is -2.38. The van der Waals surface area contributed by atoms with Crippen molar-refractivity contribution < 1.29 is 91.9 Å². The third-order valence-corrected chi connectivity index (χ3v) is 13.4. The van der Waals surface area contributed by atoms with Crippen LogP contribution in [0.3, 0.4) is 0 Å². The number of Topliss-reactive ketones (excluding diaryl/α,β-unsaturated/α-hetero) is 1. The van der Waals surface area contributed by atoms with Gasteiger partial charge >= 0.3 is 27.6 Å². The van der Waals surface area contributed by atoms with Gasteiger partial charge in [-0.15, -0.1) is 0 Å². The first-order valence-electron chi connectivity index (χ1n) is 24.9. The van der Waals surface area contributed by atoms with Crippen molar-refractivity contribution in [1.29, 1.82) is 0 Å². The number of unbranched alkanes of at least 4 members (excludes halogenated alkanes) is 9. The van der Waals surface area contributed by atoms with Crippen LogP contribution in [0.1, 0.15) is 149 Å². The molecule has 19 nitrogen and oxygen atoms in total. The van der Waals surface area contributed by atoms with Crippen LogP contribution in [0.15, 0.2) is 60.8 Å². The minimum atomic E-state index is -5.80.